The first kappa shape index (κ1) is 11.5. The molecule has 0 radical (unpaired) electrons. The van der Waals surface area contributed by atoms with Crippen LogP contribution in [0.5, 0.6) is 0 Å². The van der Waals surface area contributed by atoms with Gasteiger partial charge in [0.05, 0.1) is 0 Å². The van der Waals surface area contributed by atoms with E-state index < -0.39 is 0 Å². The number of rotatable bonds is 5. The molecule has 1 aliphatic rings. The molecule has 0 saturated heterocycles. The van der Waals surface area contributed by atoms with Gasteiger partial charge in [-0.3, -0.25) is 4.79 Å². The maximum Gasteiger partial charge on any atom is 0.226 e. The molecule has 82 valence electrons. The zero-order chi connectivity index (χ0) is 10.7. The predicted octanol–water partition coefficient (Wildman–Crippen LogP) is 1.23. The van der Waals surface area contributed by atoms with Crippen LogP contribution in [-0.4, -0.2) is 29.9 Å². The van der Waals surface area contributed by atoms with Gasteiger partial charge in [-0.15, -0.1) is 0 Å². The standard InChI is InChI=1S/C11H22N2O/c1-8(2)7-13(10-4-5-10)11(14)9(3)6-12/h8-10H,4-7,12H2,1-3H3. The van der Waals surface area contributed by atoms with Gasteiger partial charge in [-0.25, -0.2) is 0 Å². The van der Waals surface area contributed by atoms with E-state index in [4.69, 9.17) is 5.73 Å². The van der Waals surface area contributed by atoms with Crippen LogP contribution in [0.25, 0.3) is 0 Å². The Morgan fingerprint density at radius 2 is 2.00 bits per heavy atom. The highest BCUT2D eigenvalue weighted by molar-refractivity contribution is 5.79. The number of carbonyl (C=O) groups is 1. The summed E-state index contributed by atoms with van der Waals surface area (Å²) in [7, 11) is 0. The van der Waals surface area contributed by atoms with Crippen LogP contribution in [-0.2, 0) is 4.79 Å². The van der Waals surface area contributed by atoms with Gasteiger partial charge in [0.1, 0.15) is 0 Å². The summed E-state index contributed by atoms with van der Waals surface area (Å²) in [5.41, 5.74) is 5.51. The highest BCUT2D eigenvalue weighted by Gasteiger charge is 2.34. The van der Waals surface area contributed by atoms with Crippen LogP contribution in [0.3, 0.4) is 0 Å². The van der Waals surface area contributed by atoms with Crippen molar-refractivity contribution in [2.45, 2.75) is 39.7 Å². The number of nitrogens with two attached hydrogens (primary N) is 1. The second kappa shape index (κ2) is 4.78. The summed E-state index contributed by atoms with van der Waals surface area (Å²) < 4.78 is 0. The minimum Gasteiger partial charge on any atom is -0.339 e. The summed E-state index contributed by atoms with van der Waals surface area (Å²) in [5.74, 6) is 0.766. The van der Waals surface area contributed by atoms with Crippen molar-refractivity contribution >= 4 is 5.91 Å². The Morgan fingerprint density at radius 1 is 1.43 bits per heavy atom. The molecule has 0 aromatic rings. The van der Waals surface area contributed by atoms with Crippen LogP contribution in [0.15, 0.2) is 0 Å². The van der Waals surface area contributed by atoms with Crippen LogP contribution in [0.2, 0.25) is 0 Å². The summed E-state index contributed by atoms with van der Waals surface area (Å²) >= 11 is 0. The molecule has 0 aromatic carbocycles. The lowest BCUT2D eigenvalue weighted by molar-refractivity contribution is -0.135. The van der Waals surface area contributed by atoms with E-state index in [0.717, 1.165) is 6.54 Å². The van der Waals surface area contributed by atoms with Crippen molar-refractivity contribution in [1.29, 1.82) is 0 Å². The Morgan fingerprint density at radius 3 is 2.36 bits per heavy atom. The van der Waals surface area contributed by atoms with Crippen LogP contribution < -0.4 is 5.73 Å². The highest BCUT2D eigenvalue weighted by Crippen LogP contribution is 2.28. The number of nitrogens with zero attached hydrogens (tertiary/aromatic N) is 1. The molecule has 0 spiro atoms. The summed E-state index contributed by atoms with van der Waals surface area (Å²) in [6.07, 6.45) is 2.35. The van der Waals surface area contributed by atoms with Crippen molar-refractivity contribution in [3.05, 3.63) is 0 Å². The molecule has 14 heavy (non-hydrogen) atoms. The van der Waals surface area contributed by atoms with E-state index in [1.807, 2.05) is 11.8 Å². The molecule has 2 N–H and O–H groups in total. The number of hydrogen-bond donors (Lipinski definition) is 1. The Balaban J connectivity index is 2.53. The quantitative estimate of drug-likeness (QED) is 0.722. The van der Waals surface area contributed by atoms with Crippen LogP contribution in [0.4, 0.5) is 0 Å². The zero-order valence-electron chi connectivity index (χ0n) is 9.49. The van der Waals surface area contributed by atoms with Gasteiger partial charge in [0.25, 0.3) is 0 Å². The minimum absolute atomic E-state index is 0.0191. The van der Waals surface area contributed by atoms with Crippen molar-refractivity contribution in [3.8, 4) is 0 Å². The van der Waals surface area contributed by atoms with E-state index in [2.05, 4.69) is 13.8 Å². The summed E-state index contributed by atoms with van der Waals surface area (Å²) in [5, 5.41) is 0. The molecular formula is C11H22N2O. The van der Waals surface area contributed by atoms with E-state index in [9.17, 15) is 4.79 Å². The molecule has 1 atom stereocenters. The minimum atomic E-state index is -0.0191. The van der Waals surface area contributed by atoms with Crippen molar-refractivity contribution in [2.24, 2.45) is 17.6 Å². The molecule has 1 fully saturated rings. The molecule has 3 heteroatoms. The predicted molar refractivity (Wildman–Crippen MR) is 57.8 cm³/mol. The zero-order valence-corrected chi connectivity index (χ0v) is 9.49. The van der Waals surface area contributed by atoms with Gasteiger partial charge in [-0.1, -0.05) is 20.8 Å². The molecule has 1 unspecified atom stereocenters. The van der Waals surface area contributed by atoms with Crippen molar-refractivity contribution in [1.82, 2.24) is 4.90 Å². The normalized spacial score (nSPS) is 18.4. The van der Waals surface area contributed by atoms with Crippen LogP contribution in [0, 0.1) is 11.8 Å². The molecule has 1 aliphatic carbocycles. The lowest BCUT2D eigenvalue weighted by Crippen LogP contribution is -2.41. The third-order valence-electron chi connectivity index (χ3n) is 2.61. The monoisotopic (exact) mass is 198 g/mol. The van der Waals surface area contributed by atoms with E-state index in [1.165, 1.54) is 12.8 Å². The van der Waals surface area contributed by atoms with E-state index >= 15 is 0 Å². The molecule has 1 saturated carbocycles. The lowest BCUT2D eigenvalue weighted by atomic mass is 10.1. The van der Waals surface area contributed by atoms with Gasteiger partial charge in [0.2, 0.25) is 5.91 Å². The first-order valence-electron chi connectivity index (χ1n) is 5.56. The average Bonchev–Trinajstić information content (AvgIpc) is 2.94. The van der Waals surface area contributed by atoms with Crippen molar-refractivity contribution in [3.63, 3.8) is 0 Å². The second-order valence-electron chi connectivity index (χ2n) is 4.75. The average molecular weight is 198 g/mol. The SMILES string of the molecule is CC(C)CN(C(=O)C(C)CN)C1CC1. The van der Waals surface area contributed by atoms with Crippen LogP contribution >= 0.6 is 0 Å². The Labute approximate surface area is 86.6 Å². The highest BCUT2D eigenvalue weighted by atomic mass is 16.2. The third-order valence-corrected chi connectivity index (χ3v) is 2.61. The summed E-state index contributed by atoms with van der Waals surface area (Å²) in [6.45, 7) is 7.55. The largest absolute Gasteiger partial charge is 0.339 e. The Hall–Kier alpha value is -0.570. The van der Waals surface area contributed by atoms with Crippen molar-refractivity contribution < 1.29 is 4.79 Å². The molecule has 0 aliphatic heterocycles. The maximum atomic E-state index is 11.9. The summed E-state index contributed by atoms with van der Waals surface area (Å²) in [6, 6.07) is 0.513. The molecule has 0 bridgehead atoms. The van der Waals surface area contributed by atoms with Gasteiger partial charge < -0.3 is 10.6 Å². The fourth-order valence-electron chi connectivity index (χ4n) is 1.58. The fourth-order valence-corrected chi connectivity index (χ4v) is 1.58. The van der Waals surface area contributed by atoms with Gasteiger partial charge in [-0.2, -0.15) is 0 Å². The fraction of sp³-hybridized carbons (Fsp3) is 0.909. The van der Waals surface area contributed by atoms with E-state index in [-0.39, 0.29) is 11.8 Å². The van der Waals surface area contributed by atoms with Gasteiger partial charge in [-0.05, 0) is 18.8 Å². The molecule has 0 heterocycles. The molecule has 0 aromatic heterocycles. The van der Waals surface area contributed by atoms with Gasteiger partial charge in [0, 0.05) is 25.0 Å². The molecule has 3 nitrogen and oxygen atoms in total. The Bertz CT molecular complexity index is 199. The smallest absolute Gasteiger partial charge is 0.226 e. The maximum absolute atomic E-state index is 11.9. The first-order chi connectivity index (χ1) is 6.56. The van der Waals surface area contributed by atoms with E-state index in [1.54, 1.807) is 0 Å². The third kappa shape index (κ3) is 2.98. The van der Waals surface area contributed by atoms with Gasteiger partial charge >= 0.3 is 0 Å². The van der Waals surface area contributed by atoms with Crippen LogP contribution in [0.1, 0.15) is 33.6 Å². The van der Waals surface area contributed by atoms with Gasteiger partial charge in [0.15, 0.2) is 0 Å². The Kier molecular flexibility index (Phi) is 3.93. The van der Waals surface area contributed by atoms with E-state index in [0.29, 0.717) is 18.5 Å². The number of carbonyl (C=O) groups excluding carboxylic acids is 1. The van der Waals surface area contributed by atoms with Crippen molar-refractivity contribution in [2.75, 3.05) is 13.1 Å². The number of amides is 1. The second-order valence-corrected chi connectivity index (χ2v) is 4.75. The lowest BCUT2D eigenvalue weighted by Gasteiger charge is -2.27. The topological polar surface area (TPSA) is 46.3 Å². The molecular weight excluding hydrogens is 176 g/mol. The number of hydrogen-bond acceptors (Lipinski definition) is 2. The summed E-state index contributed by atoms with van der Waals surface area (Å²) in [4.78, 5) is 14.0. The molecule has 1 rings (SSSR count). The molecule has 1 amide bonds. The first-order valence-corrected chi connectivity index (χ1v) is 5.56.